The van der Waals surface area contributed by atoms with Crippen LogP contribution in [0, 0.1) is 13.8 Å². The fraction of sp³-hybridized carbons (Fsp3) is 0.350. The van der Waals surface area contributed by atoms with Gasteiger partial charge in [0.25, 0.3) is 0 Å². The van der Waals surface area contributed by atoms with Gasteiger partial charge in [-0.3, -0.25) is 9.69 Å². The van der Waals surface area contributed by atoms with Crippen LogP contribution in [0.4, 0.5) is 5.69 Å². The fourth-order valence-corrected chi connectivity index (χ4v) is 2.92. The van der Waals surface area contributed by atoms with E-state index in [1.807, 2.05) is 44.2 Å². The third-order valence-electron chi connectivity index (χ3n) is 4.31. The summed E-state index contributed by atoms with van der Waals surface area (Å²) in [5.74, 6) is 1.54. The molecular weight excluding hydrogens is 316 g/mol. The van der Waals surface area contributed by atoms with E-state index in [9.17, 15) is 4.79 Å². The summed E-state index contributed by atoms with van der Waals surface area (Å²) >= 11 is 0. The number of anilines is 1. The van der Waals surface area contributed by atoms with Gasteiger partial charge in [-0.1, -0.05) is 30.7 Å². The Balaban J connectivity index is 1.60. The number of likely N-dealkylation sites (N-methyl/N-ethyl adjacent to an activating group) is 1. The summed E-state index contributed by atoms with van der Waals surface area (Å²) in [6.07, 6.45) is 0. The van der Waals surface area contributed by atoms with Crippen LogP contribution in [0.3, 0.4) is 0 Å². The molecule has 0 radical (unpaired) electrons. The minimum atomic E-state index is -0.00505. The van der Waals surface area contributed by atoms with Gasteiger partial charge in [0, 0.05) is 12.2 Å². The van der Waals surface area contributed by atoms with Gasteiger partial charge in [-0.15, -0.1) is 0 Å². The predicted molar refractivity (Wildman–Crippen MR) is 98.1 cm³/mol. The van der Waals surface area contributed by atoms with Crippen molar-refractivity contribution in [3.8, 4) is 11.5 Å². The summed E-state index contributed by atoms with van der Waals surface area (Å²) < 4.78 is 10.8. The predicted octanol–water partition coefficient (Wildman–Crippen LogP) is 3.49. The maximum Gasteiger partial charge on any atom is 0.238 e. The molecule has 0 fully saturated rings. The number of carbonyl (C=O) groups is 1. The molecule has 0 bridgehead atoms. The van der Waals surface area contributed by atoms with E-state index in [0.29, 0.717) is 13.1 Å². The van der Waals surface area contributed by atoms with Crippen LogP contribution in [-0.2, 0) is 11.3 Å². The Hall–Kier alpha value is -2.53. The van der Waals surface area contributed by atoms with Crippen LogP contribution < -0.4 is 14.8 Å². The fourth-order valence-electron chi connectivity index (χ4n) is 2.92. The first-order chi connectivity index (χ1) is 12.0. The van der Waals surface area contributed by atoms with E-state index in [1.165, 1.54) is 5.56 Å². The Morgan fingerprint density at radius 3 is 2.68 bits per heavy atom. The lowest BCUT2D eigenvalue weighted by Crippen LogP contribution is -2.32. The highest BCUT2D eigenvalue weighted by Crippen LogP contribution is 2.32. The molecule has 0 aromatic heterocycles. The van der Waals surface area contributed by atoms with E-state index in [0.717, 1.165) is 34.9 Å². The van der Waals surface area contributed by atoms with Crippen LogP contribution in [0.15, 0.2) is 36.4 Å². The van der Waals surface area contributed by atoms with Crippen molar-refractivity contribution in [3.05, 3.63) is 53.1 Å². The van der Waals surface area contributed by atoms with Crippen LogP contribution in [-0.4, -0.2) is 30.7 Å². The minimum Gasteiger partial charge on any atom is -0.454 e. The van der Waals surface area contributed by atoms with Crippen molar-refractivity contribution in [1.82, 2.24) is 4.90 Å². The molecular formula is C20H24N2O3. The zero-order valence-corrected chi connectivity index (χ0v) is 15.0. The molecule has 1 aliphatic rings. The van der Waals surface area contributed by atoms with Gasteiger partial charge < -0.3 is 14.8 Å². The number of fused-ring (bicyclic) bond motifs is 1. The molecule has 25 heavy (non-hydrogen) atoms. The van der Waals surface area contributed by atoms with Crippen LogP contribution in [0.2, 0.25) is 0 Å². The van der Waals surface area contributed by atoms with Crippen LogP contribution in [0.25, 0.3) is 0 Å². The molecule has 3 rings (SSSR count). The molecule has 1 heterocycles. The zero-order chi connectivity index (χ0) is 17.8. The molecule has 0 spiro atoms. The van der Waals surface area contributed by atoms with Crippen molar-refractivity contribution in [2.75, 3.05) is 25.2 Å². The SMILES string of the molecule is CCN(CC(=O)Nc1ccc(C)cc1C)Cc1ccc2c(c1)OCO2. The number of carbonyl (C=O) groups excluding carboxylic acids is 1. The third kappa shape index (κ3) is 4.31. The molecule has 132 valence electrons. The number of hydrogen-bond donors (Lipinski definition) is 1. The number of rotatable bonds is 6. The lowest BCUT2D eigenvalue weighted by molar-refractivity contribution is -0.117. The first-order valence-electron chi connectivity index (χ1n) is 8.53. The molecule has 0 saturated carbocycles. The highest BCUT2D eigenvalue weighted by atomic mass is 16.7. The van der Waals surface area contributed by atoms with Crippen molar-refractivity contribution >= 4 is 11.6 Å². The molecule has 1 aliphatic heterocycles. The molecule has 2 aromatic rings. The number of hydrogen-bond acceptors (Lipinski definition) is 4. The smallest absolute Gasteiger partial charge is 0.238 e. The van der Waals surface area contributed by atoms with E-state index < -0.39 is 0 Å². The van der Waals surface area contributed by atoms with Crippen molar-refractivity contribution < 1.29 is 14.3 Å². The number of amides is 1. The molecule has 5 heteroatoms. The minimum absolute atomic E-state index is 0.00505. The van der Waals surface area contributed by atoms with E-state index in [1.54, 1.807) is 0 Å². The molecule has 2 aromatic carbocycles. The molecule has 0 saturated heterocycles. The van der Waals surface area contributed by atoms with Gasteiger partial charge in [0.05, 0.1) is 6.54 Å². The number of nitrogens with zero attached hydrogens (tertiary/aromatic N) is 1. The second-order valence-corrected chi connectivity index (χ2v) is 6.36. The highest BCUT2D eigenvalue weighted by molar-refractivity contribution is 5.93. The summed E-state index contributed by atoms with van der Waals surface area (Å²) in [5.41, 5.74) is 4.24. The topological polar surface area (TPSA) is 50.8 Å². The van der Waals surface area contributed by atoms with E-state index in [4.69, 9.17) is 9.47 Å². The van der Waals surface area contributed by atoms with Crippen LogP contribution >= 0.6 is 0 Å². The van der Waals surface area contributed by atoms with E-state index in [2.05, 4.69) is 23.2 Å². The van der Waals surface area contributed by atoms with Gasteiger partial charge in [0.1, 0.15) is 0 Å². The summed E-state index contributed by atoms with van der Waals surface area (Å²) in [7, 11) is 0. The number of ether oxygens (including phenoxy) is 2. The standard InChI is InChI=1S/C20H24N2O3/c1-4-22(11-16-6-8-18-19(10-16)25-13-24-18)12-20(23)21-17-7-5-14(2)9-15(17)3/h5-10H,4,11-13H2,1-3H3,(H,21,23). The Bertz CT molecular complexity index is 774. The van der Waals surface area contributed by atoms with Gasteiger partial charge in [0.2, 0.25) is 12.7 Å². The molecule has 0 atom stereocenters. The second kappa shape index (κ2) is 7.57. The first kappa shape index (κ1) is 17.3. The van der Waals surface area contributed by atoms with Crippen molar-refractivity contribution in [2.24, 2.45) is 0 Å². The van der Waals surface area contributed by atoms with Crippen LogP contribution in [0.1, 0.15) is 23.6 Å². The number of benzene rings is 2. The lowest BCUT2D eigenvalue weighted by atomic mass is 10.1. The summed E-state index contributed by atoms with van der Waals surface area (Å²) in [5, 5.41) is 3.00. The van der Waals surface area contributed by atoms with Crippen LogP contribution in [0.5, 0.6) is 11.5 Å². The quantitative estimate of drug-likeness (QED) is 0.874. The van der Waals surface area contributed by atoms with Gasteiger partial charge in [0.15, 0.2) is 11.5 Å². The largest absolute Gasteiger partial charge is 0.454 e. The van der Waals surface area contributed by atoms with Crippen molar-refractivity contribution in [1.29, 1.82) is 0 Å². The Labute approximate surface area is 148 Å². The maximum absolute atomic E-state index is 12.4. The third-order valence-corrected chi connectivity index (χ3v) is 4.31. The summed E-state index contributed by atoms with van der Waals surface area (Å²) in [6.45, 7) is 8.20. The average Bonchev–Trinajstić information content (AvgIpc) is 3.04. The molecule has 0 unspecified atom stereocenters. The van der Waals surface area contributed by atoms with Gasteiger partial charge in [-0.2, -0.15) is 0 Å². The molecule has 1 amide bonds. The van der Waals surface area contributed by atoms with Crippen molar-refractivity contribution in [2.45, 2.75) is 27.3 Å². The van der Waals surface area contributed by atoms with Crippen molar-refractivity contribution in [3.63, 3.8) is 0 Å². The number of nitrogens with one attached hydrogen (secondary N) is 1. The first-order valence-corrected chi connectivity index (χ1v) is 8.53. The normalized spacial score (nSPS) is 12.5. The number of aryl methyl sites for hydroxylation is 2. The van der Waals surface area contributed by atoms with Gasteiger partial charge in [-0.05, 0) is 49.7 Å². The average molecular weight is 340 g/mol. The zero-order valence-electron chi connectivity index (χ0n) is 15.0. The van der Waals surface area contributed by atoms with Gasteiger partial charge >= 0.3 is 0 Å². The Morgan fingerprint density at radius 2 is 1.92 bits per heavy atom. The molecule has 5 nitrogen and oxygen atoms in total. The molecule has 1 N–H and O–H groups in total. The summed E-state index contributed by atoms with van der Waals surface area (Å²) in [4.78, 5) is 14.5. The van der Waals surface area contributed by atoms with E-state index >= 15 is 0 Å². The second-order valence-electron chi connectivity index (χ2n) is 6.36. The molecule has 0 aliphatic carbocycles. The monoisotopic (exact) mass is 340 g/mol. The Morgan fingerprint density at radius 1 is 1.12 bits per heavy atom. The van der Waals surface area contributed by atoms with E-state index in [-0.39, 0.29) is 12.7 Å². The maximum atomic E-state index is 12.4. The van der Waals surface area contributed by atoms with Gasteiger partial charge in [-0.25, -0.2) is 0 Å². The summed E-state index contributed by atoms with van der Waals surface area (Å²) in [6, 6.07) is 11.9. The lowest BCUT2D eigenvalue weighted by Gasteiger charge is -2.20. The highest BCUT2D eigenvalue weighted by Gasteiger charge is 2.15. The Kier molecular flexibility index (Phi) is 5.24.